The van der Waals surface area contributed by atoms with Crippen LogP contribution in [-0.4, -0.2) is 25.8 Å². The second kappa shape index (κ2) is 7.56. The Morgan fingerprint density at radius 1 is 1.16 bits per heavy atom. The molecule has 2 aliphatic heterocycles. The van der Waals surface area contributed by atoms with E-state index in [0.717, 1.165) is 29.9 Å². The van der Waals surface area contributed by atoms with Crippen LogP contribution < -0.4 is 9.47 Å². The summed E-state index contributed by atoms with van der Waals surface area (Å²) in [7, 11) is 1.42. The molecule has 1 fully saturated rings. The van der Waals surface area contributed by atoms with Gasteiger partial charge in [-0.15, -0.1) is 0 Å². The molecule has 0 amide bonds. The lowest BCUT2D eigenvalue weighted by atomic mass is 9.72. The number of rotatable bonds is 5. The van der Waals surface area contributed by atoms with E-state index in [2.05, 4.69) is 39.0 Å². The standard InChI is InChI=1S/C26H30O5/c1-15-26(2,3)25(30-15)21-7-5-6-20-19(21)10-11-22(20)31-17-8-9-18-16(12-24(27)28-4)14-29-23(18)13-17/h5-9,13,15-16,22,25H,10-12,14H2,1-4H3/t15?,16?,22-,25+/m0/s1. The largest absolute Gasteiger partial charge is 0.492 e. The van der Waals surface area contributed by atoms with Gasteiger partial charge in [0, 0.05) is 23.0 Å². The highest BCUT2D eigenvalue weighted by molar-refractivity contribution is 5.71. The first kappa shape index (κ1) is 20.4. The lowest BCUT2D eigenvalue weighted by Crippen LogP contribution is -2.48. The first-order chi connectivity index (χ1) is 14.9. The van der Waals surface area contributed by atoms with Crippen molar-refractivity contribution in [2.24, 2.45) is 5.41 Å². The van der Waals surface area contributed by atoms with Gasteiger partial charge in [-0.2, -0.15) is 0 Å². The third-order valence-corrected chi connectivity index (χ3v) is 7.38. The zero-order valence-corrected chi connectivity index (χ0v) is 18.6. The summed E-state index contributed by atoms with van der Waals surface area (Å²) < 4.78 is 23.2. The maximum atomic E-state index is 11.6. The van der Waals surface area contributed by atoms with Crippen LogP contribution in [0, 0.1) is 5.41 Å². The van der Waals surface area contributed by atoms with Crippen molar-refractivity contribution in [1.29, 1.82) is 0 Å². The first-order valence-corrected chi connectivity index (χ1v) is 11.2. The lowest BCUT2D eigenvalue weighted by Gasteiger charge is -2.51. The van der Waals surface area contributed by atoms with E-state index in [1.165, 1.54) is 23.8 Å². The highest BCUT2D eigenvalue weighted by Gasteiger charge is 2.49. The van der Waals surface area contributed by atoms with Crippen molar-refractivity contribution in [2.75, 3.05) is 13.7 Å². The minimum Gasteiger partial charge on any atom is -0.492 e. The summed E-state index contributed by atoms with van der Waals surface area (Å²) in [4.78, 5) is 11.6. The molecule has 2 aromatic rings. The Balaban J connectivity index is 1.34. The second-order valence-electron chi connectivity index (χ2n) is 9.53. The predicted molar refractivity (Wildman–Crippen MR) is 117 cm³/mol. The molecule has 0 spiro atoms. The van der Waals surface area contributed by atoms with Gasteiger partial charge in [-0.3, -0.25) is 4.79 Å². The second-order valence-corrected chi connectivity index (χ2v) is 9.53. The van der Waals surface area contributed by atoms with Crippen molar-refractivity contribution >= 4 is 5.97 Å². The summed E-state index contributed by atoms with van der Waals surface area (Å²) in [5.41, 5.74) is 5.15. The third kappa shape index (κ3) is 3.39. The SMILES string of the molecule is COC(=O)CC1COc2cc(O[C@H]3CCc4c3cccc4[C@H]3OC(C)C3(C)C)ccc21. The summed E-state index contributed by atoms with van der Waals surface area (Å²) in [6.45, 7) is 7.22. The maximum Gasteiger partial charge on any atom is 0.306 e. The monoisotopic (exact) mass is 422 g/mol. The van der Waals surface area contributed by atoms with E-state index >= 15 is 0 Å². The van der Waals surface area contributed by atoms with Gasteiger partial charge in [0.25, 0.3) is 0 Å². The average molecular weight is 423 g/mol. The van der Waals surface area contributed by atoms with Gasteiger partial charge in [0.05, 0.1) is 32.3 Å². The van der Waals surface area contributed by atoms with Crippen LogP contribution in [0.4, 0.5) is 0 Å². The van der Waals surface area contributed by atoms with Crippen LogP contribution in [0.3, 0.4) is 0 Å². The number of hydrogen-bond donors (Lipinski definition) is 0. The predicted octanol–water partition coefficient (Wildman–Crippen LogP) is 5.28. The van der Waals surface area contributed by atoms with E-state index in [4.69, 9.17) is 18.9 Å². The summed E-state index contributed by atoms with van der Waals surface area (Å²) in [5, 5.41) is 0. The van der Waals surface area contributed by atoms with Gasteiger partial charge in [0.15, 0.2) is 0 Å². The van der Waals surface area contributed by atoms with Crippen molar-refractivity contribution < 1.29 is 23.7 Å². The summed E-state index contributed by atoms with van der Waals surface area (Å²) in [6, 6.07) is 12.5. The zero-order chi connectivity index (χ0) is 21.8. The van der Waals surface area contributed by atoms with E-state index in [0.29, 0.717) is 13.0 Å². The van der Waals surface area contributed by atoms with Crippen molar-refractivity contribution in [3.63, 3.8) is 0 Å². The highest BCUT2D eigenvalue weighted by atomic mass is 16.5. The Kier molecular flexibility index (Phi) is 4.97. The third-order valence-electron chi connectivity index (χ3n) is 7.38. The van der Waals surface area contributed by atoms with E-state index in [9.17, 15) is 4.79 Å². The molecule has 5 rings (SSSR count). The number of benzene rings is 2. The van der Waals surface area contributed by atoms with E-state index in [1.807, 2.05) is 18.2 Å². The molecule has 0 N–H and O–H groups in total. The molecule has 0 radical (unpaired) electrons. The number of carbonyl (C=O) groups excluding carboxylic acids is 1. The molecule has 0 aromatic heterocycles. The molecule has 1 aliphatic carbocycles. The fraction of sp³-hybridized carbons (Fsp3) is 0.500. The molecular formula is C26H30O5. The molecule has 5 nitrogen and oxygen atoms in total. The number of fused-ring (bicyclic) bond motifs is 2. The smallest absolute Gasteiger partial charge is 0.306 e. The van der Waals surface area contributed by atoms with Crippen molar-refractivity contribution in [3.05, 3.63) is 58.7 Å². The fourth-order valence-corrected chi connectivity index (χ4v) is 5.13. The number of methoxy groups -OCH3 is 1. The van der Waals surface area contributed by atoms with Crippen LogP contribution in [0.15, 0.2) is 36.4 Å². The first-order valence-electron chi connectivity index (χ1n) is 11.2. The molecule has 4 atom stereocenters. The maximum absolute atomic E-state index is 11.6. The Hall–Kier alpha value is -2.53. The lowest BCUT2D eigenvalue weighted by molar-refractivity contribution is -0.230. The number of carbonyl (C=O) groups is 1. The Bertz CT molecular complexity index is 1010. The van der Waals surface area contributed by atoms with Gasteiger partial charge in [-0.05, 0) is 42.5 Å². The average Bonchev–Trinajstić information content (AvgIpc) is 3.36. The van der Waals surface area contributed by atoms with Gasteiger partial charge < -0.3 is 18.9 Å². The molecule has 1 saturated heterocycles. The molecule has 2 aromatic carbocycles. The minimum absolute atomic E-state index is 0.0286. The van der Waals surface area contributed by atoms with Crippen LogP contribution in [0.2, 0.25) is 0 Å². The van der Waals surface area contributed by atoms with Gasteiger partial charge in [-0.25, -0.2) is 0 Å². The zero-order valence-electron chi connectivity index (χ0n) is 18.6. The number of ether oxygens (including phenoxy) is 4. The van der Waals surface area contributed by atoms with E-state index < -0.39 is 0 Å². The van der Waals surface area contributed by atoms with Crippen LogP contribution in [0.25, 0.3) is 0 Å². The molecule has 3 aliphatic rings. The van der Waals surface area contributed by atoms with Crippen LogP contribution in [0.1, 0.15) is 74.0 Å². The summed E-state index contributed by atoms with van der Waals surface area (Å²) in [6.07, 6.45) is 2.75. The molecule has 0 bridgehead atoms. The van der Waals surface area contributed by atoms with Crippen molar-refractivity contribution in [3.8, 4) is 11.5 Å². The molecule has 0 saturated carbocycles. The fourth-order valence-electron chi connectivity index (χ4n) is 5.13. The van der Waals surface area contributed by atoms with E-state index in [-0.39, 0.29) is 35.6 Å². The quantitative estimate of drug-likeness (QED) is 0.614. The summed E-state index contributed by atoms with van der Waals surface area (Å²) in [5.74, 6) is 1.43. The normalized spacial score (nSPS) is 27.6. The number of hydrogen-bond acceptors (Lipinski definition) is 5. The Morgan fingerprint density at radius 2 is 1.97 bits per heavy atom. The van der Waals surface area contributed by atoms with Crippen LogP contribution in [-0.2, 0) is 20.7 Å². The summed E-state index contributed by atoms with van der Waals surface area (Å²) >= 11 is 0. The van der Waals surface area contributed by atoms with Gasteiger partial charge in [-0.1, -0.05) is 38.1 Å². The van der Waals surface area contributed by atoms with Gasteiger partial charge in [0.2, 0.25) is 0 Å². The number of esters is 1. The topological polar surface area (TPSA) is 54.0 Å². The van der Waals surface area contributed by atoms with E-state index in [1.54, 1.807) is 0 Å². The van der Waals surface area contributed by atoms with Crippen LogP contribution >= 0.6 is 0 Å². The van der Waals surface area contributed by atoms with Gasteiger partial charge in [0.1, 0.15) is 17.6 Å². The Morgan fingerprint density at radius 3 is 2.71 bits per heavy atom. The minimum atomic E-state index is -0.215. The molecule has 5 heteroatoms. The molecule has 2 heterocycles. The van der Waals surface area contributed by atoms with Gasteiger partial charge >= 0.3 is 5.97 Å². The van der Waals surface area contributed by atoms with Crippen LogP contribution in [0.5, 0.6) is 11.5 Å². The van der Waals surface area contributed by atoms with Crippen molar-refractivity contribution in [1.82, 2.24) is 0 Å². The molecule has 2 unspecified atom stereocenters. The molecule has 164 valence electrons. The van der Waals surface area contributed by atoms with Crippen molar-refractivity contribution in [2.45, 2.75) is 64.3 Å². The molecule has 31 heavy (non-hydrogen) atoms. The highest BCUT2D eigenvalue weighted by Crippen LogP contribution is 2.53. The molecular weight excluding hydrogens is 392 g/mol. The Labute approximate surface area is 183 Å².